The standard InChI is InChI=1S/C12H14N2O3S/c1-12(2,16)10(15)14-11-13-8-5-4-7(17-3)6-9(8)18-11/h4-6,16H,1-3H3,(H,13,14,15). The Morgan fingerprint density at radius 1 is 1.50 bits per heavy atom. The number of hydrogen-bond donors (Lipinski definition) is 2. The molecular formula is C12H14N2O3S. The van der Waals surface area contributed by atoms with E-state index in [2.05, 4.69) is 10.3 Å². The Morgan fingerprint density at radius 2 is 2.22 bits per heavy atom. The number of anilines is 1. The van der Waals surface area contributed by atoms with Crippen molar-refractivity contribution in [1.29, 1.82) is 0 Å². The maximum atomic E-state index is 11.6. The van der Waals surface area contributed by atoms with Crippen LogP contribution in [0.25, 0.3) is 10.2 Å². The largest absolute Gasteiger partial charge is 0.497 e. The first kappa shape index (κ1) is 12.8. The van der Waals surface area contributed by atoms with Crippen LogP contribution in [0.5, 0.6) is 5.75 Å². The van der Waals surface area contributed by atoms with Crippen molar-refractivity contribution in [3.63, 3.8) is 0 Å². The van der Waals surface area contributed by atoms with Crippen LogP contribution in [0.2, 0.25) is 0 Å². The highest BCUT2D eigenvalue weighted by atomic mass is 32.1. The van der Waals surface area contributed by atoms with E-state index < -0.39 is 11.5 Å². The van der Waals surface area contributed by atoms with E-state index in [1.807, 2.05) is 18.2 Å². The summed E-state index contributed by atoms with van der Waals surface area (Å²) in [5, 5.41) is 12.6. The van der Waals surface area contributed by atoms with Crippen molar-refractivity contribution in [3.8, 4) is 5.75 Å². The topological polar surface area (TPSA) is 71.5 Å². The Balaban J connectivity index is 2.28. The normalized spacial score (nSPS) is 11.6. The molecule has 0 aliphatic carbocycles. The number of carbonyl (C=O) groups is 1. The van der Waals surface area contributed by atoms with Gasteiger partial charge in [-0.15, -0.1) is 0 Å². The van der Waals surface area contributed by atoms with Crippen LogP contribution in [0.15, 0.2) is 18.2 Å². The summed E-state index contributed by atoms with van der Waals surface area (Å²) < 4.78 is 6.04. The third kappa shape index (κ3) is 2.60. The fraction of sp³-hybridized carbons (Fsp3) is 0.333. The molecule has 18 heavy (non-hydrogen) atoms. The number of methoxy groups -OCH3 is 1. The summed E-state index contributed by atoms with van der Waals surface area (Å²) in [7, 11) is 1.60. The van der Waals surface area contributed by atoms with Crippen LogP contribution in [0.3, 0.4) is 0 Å². The third-order valence-electron chi connectivity index (χ3n) is 2.37. The van der Waals surface area contributed by atoms with Gasteiger partial charge < -0.3 is 9.84 Å². The molecule has 0 atom stereocenters. The van der Waals surface area contributed by atoms with Crippen LogP contribution in [0, 0.1) is 0 Å². The smallest absolute Gasteiger partial charge is 0.257 e. The zero-order chi connectivity index (χ0) is 13.3. The fourth-order valence-corrected chi connectivity index (χ4v) is 2.22. The summed E-state index contributed by atoms with van der Waals surface area (Å²) in [4.78, 5) is 15.9. The molecule has 0 fully saturated rings. The van der Waals surface area contributed by atoms with E-state index in [0.717, 1.165) is 16.0 Å². The average molecular weight is 266 g/mol. The predicted octanol–water partition coefficient (Wildman–Crippen LogP) is 2.01. The number of aromatic nitrogens is 1. The van der Waals surface area contributed by atoms with E-state index in [-0.39, 0.29) is 0 Å². The quantitative estimate of drug-likeness (QED) is 0.891. The highest BCUT2D eigenvalue weighted by molar-refractivity contribution is 7.22. The molecule has 6 heteroatoms. The predicted molar refractivity (Wildman–Crippen MR) is 71.1 cm³/mol. The molecule has 0 radical (unpaired) electrons. The van der Waals surface area contributed by atoms with Gasteiger partial charge in [-0.25, -0.2) is 4.98 Å². The maximum Gasteiger partial charge on any atom is 0.257 e. The molecule has 1 heterocycles. The summed E-state index contributed by atoms with van der Waals surface area (Å²) in [6, 6.07) is 5.49. The van der Waals surface area contributed by atoms with E-state index >= 15 is 0 Å². The Bertz CT molecular complexity index is 587. The number of rotatable bonds is 3. The van der Waals surface area contributed by atoms with E-state index in [1.165, 1.54) is 25.2 Å². The summed E-state index contributed by atoms with van der Waals surface area (Å²) >= 11 is 1.34. The van der Waals surface area contributed by atoms with E-state index in [1.54, 1.807) is 7.11 Å². The monoisotopic (exact) mass is 266 g/mol. The molecule has 1 aromatic heterocycles. The van der Waals surface area contributed by atoms with E-state index in [9.17, 15) is 9.90 Å². The molecule has 2 N–H and O–H groups in total. The molecule has 0 bridgehead atoms. The van der Waals surface area contributed by atoms with E-state index in [4.69, 9.17) is 4.74 Å². The molecule has 0 saturated heterocycles. The second-order valence-electron chi connectivity index (χ2n) is 4.37. The molecule has 2 rings (SSSR count). The molecule has 2 aromatic rings. The Morgan fingerprint density at radius 3 is 2.83 bits per heavy atom. The Hall–Kier alpha value is -1.66. The second kappa shape index (κ2) is 4.55. The molecule has 1 amide bonds. The lowest BCUT2D eigenvalue weighted by atomic mass is 10.1. The first-order valence-corrected chi connectivity index (χ1v) is 6.20. The van der Waals surface area contributed by atoms with Gasteiger partial charge in [0, 0.05) is 0 Å². The number of fused-ring (bicyclic) bond motifs is 1. The number of aliphatic hydroxyl groups is 1. The molecule has 0 aliphatic heterocycles. The minimum atomic E-state index is -1.42. The van der Waals surface area contributed by atoms with Gasteiger partial charge in [0.2, 0.25) is 0 Å². The van der Waals surface area contributed by atoms with Crippen LogP contribution in [0.1, 0.15) is 13.8 Å². The Labute approximate surface area is 108 Å². The van der Waals surface area contributed by atoms with Crippen molar-refractivity contribution in [1.82, 2.24) is 4.98 Å². The number of amides is 1. The highest BCUT2D eigenvalue weighted by Crippen LogP contribution is 2.29. The number of ether oxygens (including phenoxy) is 1. The van der Waals surface area contributed by atoms with E-state index in [0.29, 0.717) is 5.13 Å². The van der Waals surface area contributed by atoms with Gasteiger partial charge in [0.25, 0.3) is 5.91 Å². The number of thiazole rings is 1. The van der Waals surface area contributed by atoms with Crippen molar-refractivity contribution in [2.75, 3.05) is 12.4 Å². The number of benzene rings is 1. The van der Waals surface area contributed by atoms with Gasteiger partial charge in [-0.2, -0.15) is 0 Å². The summed E-state index contributed by atoms with van der Waals surface area (Å²) in [5.41, 5.74) is -0.637. The molecule has 0 unspecified atom stereocenters. The average Bonchev–Trinajstić information content (AvgIpc) is 2.68. The summed E-state index contributed by atoms with van der Waals surface area (Å²) in [6.07, 6.45) is 0. The maximum absolute atomic E-state index is 11.6. The van der Waals surface area contributed by atoms with Gasteiger partial charge in [-0.1, -0.05) is 11.3 Å². The van der Waals surface area contributed by atoms with Gasteiger partial charge >= 0.3 is 0 Å². The van der Waals surface area contributed by atoms with Crippen LogP contribution in [-0.2, 0) is 4.79 Å². The first-order chi connectivity index (χ1) is 8.40. The number of nitrogens with one attached hydrogen (secondary N) is 1. The van der Waals surface area contributed by atoms with Crippen LogP contribution >= 0.6 is 11.3 Å². The molecule has 0 saturated carbocycles. The van der Waals surface area contributed by atoms with Gasteiger partial charge in [0.05, 0.1) is 17.3 Å². The van der Waals surface area contributed by atoms with Crippen molar-refractivity contribution in [3.05, 3.63) is 18.2 Å². The number of hydrogen-bond acceptors (Lipinski definition) is 5. The van der Waals surface area contributed by atoms with Crippen molar-refractivity contribution in [2.24, 2.45) is 0 Å². The van der Waals surface area contributed by atoms with Gasteiger partial charge in [0.15, 0.2) is 5.13 Å². The van der Waals surface area contributed by atoms with Crippen molar-refractivity contribution < 1.29 is 14.6 Å². The summed E-state index contributed by atoms with van der Waals surface area (Å²) in [5.74, 6) is 0.264. The third-order valence-corrected chi connectivity index (χ3v) is 3.31. The highest BCUT2D eigenvalue weighted by Gasteiger charge is 2.24. The Kier molecular flexibility index (Phi) is 3.23. The van der Waals surface area contributed by atoms with Crippen molar-refractivity contribution in [2.45, 2.75) is 19.4 Å². The molecule has 5 nitrogen and oxygen atoms in total. The minimum Gasteiger partial charge on any atom is -0.497 e. The molecule has 0 aliphatic rings. The molecular weight excluding hydrogens is 252 g/mol. The zero-order valence-corrected chi connectivity index (χ0v) is 11.2. The number of carbonyl (C=O) groups excluding carboxylic acids is 1. The lowest BCUT2D eigenvalue weighted by molar-refractivity contribution is -0.130. The SMILES string of the molecule is COc1ccc2nc(NC(=O)C(C)(C)O)sc2c1. The lowest BCUT2D eigenvalue weighted by Gasteiger charge is -2.14. The van der Waals surface area contributed by atoms with Crippen LogP contribution in [0.4, 0.5) is 5.13 Å². The molecule has 0 spiro atoms. The minimum absolute atomic E-state index is 0.463. The number of nitrogens with zero attached hydrogens (tertiary/aromatic N) is 1. The van der Waals surface area contributed by atoms with Crippen LogP contribution in [-0.4, -0.2) is 28.7 Å². The van der Waals surface area contributed by atoms with Crippen LogP contribution < -0.4 is 10.1 Å². The van der Waals surface area contributed by atoms with Gasteiger partial charge in [0.1, 0.15) is 11.4 Å². The lowest BCUT2D eigenvalue weighted by Crippen LogP contribution is -2.36. The van der Waals surface area contributed by atoms with Gasteiger partial charge in [-0.05, 0) is 32.0 Å². The first-order valence-electron chi connectivity index (χ1n) is 5.38. The summed E-state index contributed by atoms with van der Waals surface area (Å²) in [6.45, 7) is 2.86. The molecule has 1 aromatic carbocycles. The second-order valence-corrected chi connectivity index (χ2v) is 5.40. The zero-order valence-electron chi connectivity index (χ0n) is 10.4. The molecule has 96 valence electrons. The van der Waals surface area contributed by atoms with Crippen molar-refractivity contribution >= 4 is 32.6 Å². The van der Waals surface area contributed by atoms with Gasteiger partial charge in [-0.3, -0.25) is 10.1 Å². The fourth-order valence-electron chi connectivity index (χ4n) is 1.34.